The van der Waals surface area contributed by atoms with Gasteiger partial charge in [-0.25, -0.2) is 18.6 Å². The quantitative estimate of drug-likeness (QED) is 0.188. The Labute approximate surface area is 237 Å². The Balaban J connectivity index is 1.58. The van der Waals surface area contributed by atoms with Crippen LogP contribution in [0.4, 0.5) is 25.0 Å². The Kier molecular flexibility index (Phi) is 7.67. The van der Waals surface area contributed by atoms with Crippen molar-refractivity contribution in [2.24, 2.45) is 0 Å². The van der Waals surface area contributed by atoms with E-state index in [9.17, 15) is 20.1 Å². The summed E-state index contributed by atoms with van der Waals surface area (Å²) in [6.07, 6.45) is 1.54. The molecule has 0 aliphatic carbocycles. The van der Waals surface area contributed by atoms with E-state index in [4.69, 9.17) is 14.2 Å². The van der Waals surface area contributed by atoms with Crippen molar-refractivity contribution < 1.29 is 43.1 Å². The molecule has 0 atom stereocenters. The van der Waals surface area contributed by atoms with Gasteiger partial charge in [0.15, 0.2) is 38.8 Å². The monoisotopic (exact) mass is 571 g/mol. The molecule has 2 aliphatic heterocycles. The van der Waals surface area contributed by atoms with Gasteiger partial charge in [0, 0.05) is 55.1 Å². The molecule has 4 N–H and O–H groups in total. The molecule has 0 saturated carbocycles. The van der Waals surface area contributed by atoms with Gasteiger partial charge in [-0.15, -0.1) is 0 Å². The number of ether oxygens (including phenoxy) is 3. The van der Waals surface area contributed by atoms with E-state index in [2.05, 4.69) is 14.9 Å². The minimum atomic E-state index is -2.83. The number of aromatic amines is 1. The molecule has 4 heterocycles. The van der Waals surface area contributed by atoms with Gasteiger partial charge in [-0.05, 0) is 13.0 Å². The molecule has 0 radical (unpaired) electrons. The Bertz CT molecular complexity index is 1430. The van der Waals surface area contributed by atoms with Crippen LogP contribution >= 0.6 is 0 Å². The van der Waals surface area contributed by atoms with Crippen LogP contribution < -0.4 is 19.3 Å². The number of nitrogens with zero attached hydrogens (tertiary/aromatic N) is 4. The SMILES string of the molecule is BC(B)(O)Oc1cc(OC(B)(O)O)c(F)c(N2Cc3cnc4[nH]c(CN5CCOCC5)cc4c3N(CC)C2=O)c1F. The largest absolute Gasteiger partial charge is 0.477 e. The zero-order valence-corrected chi connectivity index (χ0v) is 23.2. The van der Waals surface area contributed by atoms with Gasteiger partial charge in [0.1, 0.15) is 16.9 Å². The zero-order valence-electron chi connectivity index (χ0n) is 23.2. The van der Waals surface area contributed by atoms with E-state index >= 15 is 8.78 Å². The van der Waals surface area contributed by atoms with E-state index in [-0.39, 0.29) is 13.1 Å². The Morgan fingerprint density at radius 1 is 1.07 bits per heavy atom. The molecule has 0 unspecified atom stereocenters. The number of carbonyl (C=O) groups excluding carboxylic acids is 1. The summed E-state index contributed by atoms with van der Waals surface area (Å²) in [5.41, 5.74) is -0.165. The van der Waals surface area contributed by atoms with Gasteiger partial charge in [0.25, 0.3) is 5.87 Å². The second kappa shape index (κ2) is 10.8. The summed E-state index contributed by atoms with van der Waals surface area (Å²) in [5, 5.41) is 30.3. The first-order valence-corrected chi connectivity index (χ1v) is 13.2. The summed E-state index contributed by atoms with van der Waals surface area (Å²) < 4.78 is 47.1. The lowest BCUT2D eigenvalue weighted by molar-refractivity contribution is -0.224. The van der Waals surface area contributed by atoms with Crippen molar-refractivity contribution in [3.05, 3.63) is 41.2 Å². The second-order valence-corrected chi connectivity index (χ2v) is 10.6. The maximum absolute atomic E-state index is 15.8. The number of aliphatic hydroxyl groups is 3. The van der Waals surface area contributed by atoms with E-state index in [1.807, 2.05) is 6.07 Å². The van der Waals surface area contributed by atoms with Gasteiger partial charge < -0.3 is 34.5 Å². The van der Waals surface area contributed by atoms with Gasteiger partial charge in [0.2, 0.25) is 7.85 Å². The minimum absolute atomic E-state index is 0.170. The summed E-state index contributed by atoms with van der Waals surface area (Å²) in [7, 11) is 3.27. The molecule has 0 bridgehead atoms. The molecule has 216 valence electrons. The first kappa shape index (κ1) is 29.1. The van der Waals surface area contributed by atoms with Crippen LogP contribution in [0.15, 0.2) is 18.3 Å². The summed E-state index contributed by atoms with van der Waals surface area (Å²) in [5.74, 6) is -6.95. The molecule has 17 heteroatoms. The lowest BCUT2D eigenvalue weighted by atomic mass is 9.76. The molecule has 41 heavy (non-hydrogen) atoms. The average molecular weight is 571 g/mol. The fourth-order valence-electron chi connectivity index (χ4n) is 5.06. The number of hydrogen-bond acceptors (Lipinski definition) is 9. The normalized spacial score (nSPS) is 16.8. The van der Waals surface area contributed by atoms with Crippen LogP contribution in [0.5, 0.6) is 11.5 Å². The number of amides is 2. The number of carbonyl (C=O) groups is 1. The second-order valence-electron chi connectivity index (χ2n) is 10.6. The highest BCUT2D eigenvalue weighted by Crippen LogP contribution is 2.43. The molecule has 2 aromatic heterocycles. The lowest BCUT2D eigenvalue weighted by Crippen LogP contribution is -2.48. The summed E-state index contributed by atoms with van der Waals surface area (Å²) in [4.78, 5) is 26.1. The fourth-order valence-corrected chi connectivity index (χ4v) is 5.06. The van der Waals surface area contributed by atoms with Crippen LogP contribution in [0.2, 0.25) is 0 Å². The van der Waals surface area contributed by atoms with Crippen LogP contribution in [-0.4, -0.2) is 104 Å². The average Bonchev–Trinajstić information content (AvgIpc) is 3.29. The number of nitrogens with one attached hydrogen (secondary N) is 1. The van der Waals surface area contributed by atoms with Crippen molar-refractivity contribution in [1.29, 1.82) is 0 Å². The molecular weight excluding hydrogens is 541 g/mol. The number of aromatic nitrogens is 2. The summed E-state index contributed by atoms with van der Waals surface area (Å²) >= 11 is 0. The van der Waals surface area contributed by atoms with Crippen molar-refractivity contribution in [3.63, 3.8) is 0 Å². The number of urea groups is 1. The molecule has 12 nitrogen and oxygen atoms in total. The number of H-pyrrole nitrogens is 1. The Morgan fingerprint density at radius 3 is 2.34 bits per heavy atom. The highest BCUT2D eigenvalue weighted by Gasteiger charge is 2.38. The molecule has 2 aliphatic rings. The van der Waals surface area contributed by atoms with E-state index < -0.39 is 46.3 Å². The van der Waals surface area contributed by atoms with Crippen LogP contribution in [0, 0.1) is 11.6 Å². The number of anilines is 2. The van der Waals surface area contributed by atoms with Gasteiger partial charge in [-0.1, -0.05) is 0 Å². The number of fused-ring (bicyclic) bond motifs is 3. The van der Waals surface area contributed by atoms with Crippen LogP contribution in [0.1, 0.15) is 18.2 Å². The number of halogens is 2. The van der Waals surface area contributed by atoms with Gasteiger partial charge in [0.05, 0.1) is 25.4 Å². The third kappa shape index (κ3) is 5.99. The number of benzene rings is 1. The highest BCUT2D eigenvalue weighted by atomic mass is 19.1. The molecule has 3 aromatic rings. The van der Waals surface area contributed by atoms with Gasteiger partial charge in [-0.3, -0.25) is 14.7 Å². The third-order valence-corrected chi connectivity index (χ3v) is 6.68. The zero-order chi connectivity index (χ0) is 29.7. The maximum atomic E-state index is 15.8. The Hall–Kier alpha value is -3.37. The third-order valence-electron chi connectivity index (χ3n) is 6.68. The molecular formula is C24H30B3F2N5O7. The maximum Gasteiger partial charge on any atom is 0.329 e. The first-order chi connectivity index (χ1) is 19.3. The molecule has 1 aromatic carbocycles. The van der Waals surface area contributed by atoms with Crippen molar-refractivity contribution >= 4 is 52.0 Å². The number of hydrogen-bond donors (Lipinski definition) is 4. The molecule has 0 spiro atoms. The van der Waals surface area contributed by atoms with Gasteiger partial charge in [-0.2, -0.15) is 0 Å². The van der Waals surface area contributed by atoms with E-state index in [1.165, 1.54) is 26.8 Å². The van der Waals surface area contributed by atoms with Crippen molar-refractivity contribution in [3.8, 4) is 11.5 Å². The van der Waals surface area contributed by atoms with Crippen LogP contribution in [-0.2, 0) is 17.8 Å². The summed E-state index contributed by atoms with van der Waals surface area (Å²) in [6, 6.07) is 1.93. The number of pyridine rings is 1. The van der Waals surface area contributed by atoms with Crippen molar-refractivity contribution in [2.45, 2.75) is 31.5 Å². The van der Waals surface area contributed by atoms with E-state index in [0.717, 1.165) is 37.6 Å². The molecule has 1 fully saturated rings. The summed E-state index contributed by atoms with van der Waals surface area (Å²) in [6.45, 7) is 5.18. The lowest BCUT2D eigenvalue weighted by Gasteiger charge is -2.37. The van der Waals surface area contributed by atoms with E-state index in [0.29, 0.717) is 42.0 Å². The van der Waals surface area contributed by atoms with Crippen LogP contribution in [0.3, 0.4) is 0 Å². The molecule has 2 amide bonds. The van der Waals surface area contributed by atoms with Crippen molar-refractivity contribution in [2.75, 3.05) is 42.6 Å². The standard InChI is InChI=1S/C24H30B3F2N5O7/c1-2-33-19-12(9-30-21-14(19)7-13(31-21)11-32-3-5-39-6-4-32)10-34(22(33)35)20-17(28)15(40-23(25,26)36)8-16(18(20)29)41-24(27,37)38/h7-9,36-38H,2-6,10-11,25-27H2,1H3,(H,30,31). The predicted molar refractivity (Wildman–Crippen MR) is 152 cm³/mol. The fraction of sp³-hybridized carbons (Fsp3) is 0.417. The topological polar surface area (TPSA) is 144 Å². The predicted octanol–water partition coefficient (Wildman–Crippen LogP) is -1.50. The minimum Gasteiger partial charge on any atom is -0.477 e. The van der Waals surface area contributed by atoms with Crippen molar-refractivity contribution in [1.82, 2.24) is 14.9 Å². The first-order valence-electron chi connectivity index (χ1n) is 13.2. The molecule has 1 saturated heterocycles. The number of morpholine rings is 1. The Morgan fingerprint density at radius 2 is 1.73 bits per heavy atom. The smallest absolute Gasteiger partial charge is 0.329 e. The highest BCUT2D eigenvalue weighted by molar-refractivity contribution is 6.37. The molecule has 5 rings (SSSR count). The number of rotatable bonds is 8. The van der Waals surface area contributed by atoms with Gasteiger partial charge >= 0.3 is 6.03 Å². The van der Waals surface area contributed by atoms with E-state index in [1.54, 1.807) is 6.92 Å². The van der Waals surface area contributed by atoms with Crippen LogP contribution in [0.25, 0.3) is 11.0 Å².